The molecule has 58 heavy (non-hydrogen) atoms. The van der Waals surface area contributed by atoms with Gasteiger partial charge in [0.25, 0.3) is 0 Å². The maximum absolute atomic E-state index is 13.7. The lowest BCUT2D eigenvalue weighted by Gasteiger charge is -2.30. The van der Waals surface area contributed by atoms with Crippen molar-refractivity contribution in [1.82, 2.24) is 40.4 Å². The summed E-state index contributed by atoms with van der Waals surface area (Å²) >= 11 is 0. The summed E-state index contributed by atoms with van der Waals surface area (Å²) in [6.07, 6.45) is 6.40. The fourth-order valence-corrected chi connectivity index (χ4v) is 8.77. The third kappa shape index (κ3) is 7.08. The summed E-state index contributed by atoms with van der Waals surface area (Å²) in [5.41, 5.74) is 6.75. The quantitative estimate of drug-likeness (QED) is 0.141. The number of hydrogen-bond donors (Lipinski definition) is 4. The normalized spacial score (nSPS) is 19.1. The Balaban J connectivity index is 0.993. The van der Waals surface area contributed by atoms with Crippen LogP contribution < -0.4 is 20.3 Å². The standard InChI is InChI=1S/C42H51N9O7/c1-22(2)34(47-41(54)56-5)39(52)50-14-7-9-29(50)37-43-20-27(45-37)24-11-12-32-31(18-24)49-16-13-25-17-26(19-33(58-32)36(25)49)28-21-44-38(46-28)30-10-8-15-51(30)40(53)35(23(3)4)48-42(55)57-6/h11-12,17-23,29-30,34-35H,7-10,13-16H2,1-6H3,(H,43,45)(H,44,46)(H,47,54)(H,48,55). The number of methoxy groups -OCH3 is 2. The Labute approximate surface area is 337 Å². The molecule has 8 rings (SSSR count). The molecule has 2 aromatic carbocycles. The van der Waals surface area contributed by atoms with E-state index < -0.39 is 24.3 Å². The van der Waals surface area contributed by atoms with Crippen molar-refractivity contribution in [3.63, 3.8) is 0 Å². The molecule has 4 aliphatic rings. The fraction of sp³-hybridized carbons (Fsp3) is 0.476. The van der Waals surface area contributed by atoms with E-state index in [4.69, 9.17) is 24.2 Å². The van der Waals surface area contributed by atoms with Crippen LogP contribution in [-0.4, -0.2) is 99.7 Å². The summed E-state index contributed by atoms with van der Waals surface area (Å²) in [7, 11) is 2.58. The van der Waals surface area contributed by atoms with E-state index in [-0.39, 0.29) is 35.7 Å². The number of anilines is 2. The van der Waals surface area contributed by atoms with Gasteiger partial charge in [0.05, 0.1) is 61.5 Å². The zero-order chi connectivity index (χ0) is 40.8. The number of nitrogens with one attached hydrogen (secondary N) is 4. The molecule has 4 atom stereocenters. The van der Waals surface area contributed by atoms with Gasteiger partial charge in [-0.3, -0.25) is 9.59 Å². The van der Waals surface area contributed by atoms with Crippen LogP contribution in [0.2, 0.25) is 0 Å². The van der Waals surface area contributed by atoms with E-state index in [2.05, 4.69) is 37.6 Å². The second kappa shape index (κ2) is 15.7. The number of aromatic amines is 2. The molecule has 4 aliphatic heterocycles. The van der Waals surface area contributed by atoms with Gasteiger partial charge in [0.15, 0.2) is 11.5 Å². The molecule has 6 heterocycles. The summed E-state index contributed by atoms with van der Waals surface area (Å²) in [6.45, 7) is 9.56. The smallest absolute Gasteiger partial charge is 0.407 e. The van der Waals surface area contributed by atoms with Gasteiger partial charge >= 0.3 is 12.2 Å². The number of amides is 4. The summed E-state index contributed by atoms with van der Waals surface area (Å²) < 4.78 is 16.1. The lowest BCUT2D eigenvalue weighted by atomic mass is 10.0. The van der Waals surface area contributed by atoms with Crippen molar-refractivity contribution >= 4 is 35.4 Å². The predicted molar refractivity (Wildman–Crippen MR) is 215 cm³/mol. The number of ether oxygens (including phenoxy) is 3. The van der Waals surface area contributed by atoms with Crippen LogP contribution in [0.5, 0.6) is 11.5 Å². The van der Waals surface area contributed by atoms with Crippen LogP contribution in [0.4, 0.5) is 21.0 Å². The number of carbonyl (C=O) groups is 4. The van der Waals surface area contributed by atoms with Crippen molar-refractivity contribution < 1.29 is 33.4 Å². The summed E-state index contributed by atoms with van der Waals surface area (Å²) in [4.78, 5) is 73.8. The zero-order valence-corrected chi connectivity index (χ0v) is 33.8. The van der Waals surface area contributed by atoms with E-state index >= 15 is 0 Å². The Morgan fingerprint density at radius 3 is 1.83 bits per heavy atom. The number of hydrogen-bond acceptors (Lipinski definition) is 10. The topological polar surface area (TPSA) is 187 Å². The second-order valence-corrected chi connectivity index (χ2v) is 16.1. The molecule has 0 bridgehead atoms. The van der Waals surface area contributed by atoms with E-state index in [1.54, 1.807) is 0 Å². The summed E-state index contributed by atoms with van der Waals surface area (Å²) in [5.74, 6) is 2.40. The zero-order valence-electron chi connectivity index (χ0n) is 33.8. The number of fused-ring (bicyclic) bond motifs is 2. The number of carbonyl (C=O) groups excluding carboxylic acids is 4. The fourth-order valence-electron chi connectivity index (χ4n) is 8.77. The van der Waals surface area contributed by atoms with Gasteiger partial charge in [0.1, 0.15) is 23.7 Å². The summed E-state index contributed by atoms with van der Waals surface area (Å²) in [6, 6.07) is 8.45. The first-order valence-corrected chi connectivity index (χ1v) is 20.1. The number of alkyl carbamates (subject to hydrolysis) is 2. The van der Waals surface area contributed by atoms with Crippen LogP contribution in [0.15, 0.2) is 42.7 Å². The lowest BCUT2D eigenvalue weighted by molar-refractivity contribution is -0.136. The number of rotatable bonds is 10. The van der Waals surface area contributed by atoms with Crippen molar-refractivity contribution in [2.24, 2.45) is 11.8 Å². The molecule has 0 radical (unpaired) electrons. The van der Waals surface area contributed by atoms with Crippen LogP contribution in [-0.2, 0) is 25.5 Å². The highest BCUT2D eigenvalue weighted by atomic mass is 16.5. The van der Waals surface area contributed by atoms with Crippen molar-refractivity contribution in [3.05, 3.63) is 59.9 Å². The minimum Gasteiger partial charge on any atom is -0.453 e. The predicted octanol–water partition coefficient (Wildman–Crippen LogP) is 6.35. The van der Waals surface area contributed by atoms with Crippen LogP contribution >= 0.6 is 0 Å². The van der Waals surface area contributed by atoms with Crippen LogP contribution in [0.1, 0.15) is 82.7 Å². The van der Waals surface area contributed by atoms with Gasteiger partial charge in [0.2, 0.25) is 11.8 Å². The Morgan fingerprint density at radius 1 is 0.741 bits per heavy atom. The van der Waals surface area contributed by atoms with Crippen LogP contribution in [0.25, 0.3) is 22.5 Å². The van der Waals surface area contributed by atoms with E-state index in [1.165, 1.54) is 19.8 Å². The first kappa shape index (κ1) is 38.8. The minimum atomic E-state index is -0.703. The first-order chi connectivity index (χ1) is 27.9. The molecule has 4 unspecified atom stereocenters. The van der Waals surface area contributed by atoms with Crippen molar-refractivity contribution in [1.29, 1.82) is 0 Å². The molecular weight excluding hydrogens is 743 g/mol. The molecule has 16 nitrogen and oxygen atoms in total. The third-order valence-electron chi connectivity index (χ3n) is 11.8. The molecule has 4 amide bonds. The largest absolute Gasteiger partial charge is 0.453 e. The average molecular weight is 794 g/mol. The SMILES string of the molecule is COC(=O)NC(C(=O)N1CCCC1c1ncc(-c2cc3c4c(c2)Oc2ccc(-c5cnc(C6CCCN6C(=O)C(NC(=O)OC)C(C)C)[nH]5)cc2N4CC3)[nH]1)C(C)C. The highest BCUT2D eigenvalue weighted by Crippen LogP contribution is 2.53. The lowest BCUT2D eigenvalue weighted by Crippen LogP contribution is -2.51. The van der Waals surface area contributed by atoms with Crippen molar-refractivity contribution in [2.45, 2.75) is 84.0 Å². The molecule has 16 heteroatoms. The molecule has 4 aromatic rings. The molecule has 0 aliphatic carbocycles. The minimum absolute atomic E-state index is 0.117. The van der Waals surface area contributed by atoms with E-state index in [0.29, 0.717) is 24.7 Å². The Kier molecular flexibility index (Phi) is 10.5. The molecule has 2 fully saturated rings. The van der Waals surface area contributed by atoms with Gasteiger partial charge in [0, 0.05) is 30.8 Å². The molecule has 306 valence electrons. The van der Waals surface area contributed by atoms with Crippen molar-refractivity contribution in [2.75, 3.05) is 38.8 Å². The van der Waals surface area contributed by atoms with E-state index in [0.717, 1.165) is 84.0 Å². The van der Waals surface area contributed by atoms with Crippen LogP contribution in [0, 0.1) is 11.8 Å². The van der Waals surface area contributed by atoms with Gasteiger partial charge in [-0.05, 0) is 79.8 Å². The summed E-state index contributed by atoms with van der Waals surface area (Å²) in [5, 5.41) is 5.41. The van der Waals surface area contributed by atoms with Gasteiger partial charge in [-0.2, -0.15) is 0 Å². The molecular formula is C42H51N9O7. The van der Waals surface area contributed by atoms with E-state index in [9.17, 15) is 19.2 Å². The Hall–Kier alpha value is -6.06. The number of H-pyrrole nitrogens is 2. The molecule has 0 saturated carbocycles. The van der Waals surface area contributed by atoms with Gasteiger partial charge in [-0.25, -0.2) is 19.6 Å². The van der Waals surface area contributed by atoms with Gasteiger partial charge < -0.3 is 49.5 Å². The number of nitrogens with zero attached hydrogens (tertiary/aromatic N) is 5. The second-order valence-electron chi connectivity index (χ2n) is 16.1. The number of likely N-dealkylation sites (tertiary alicyclic amines) is 2. The van der Waals surface area contributed by atoms with Crippen LogP contribution in [0.3, 0.4) is 0 Å². The average Bonchev–Trinajstić information content (AvgIpc) is 4.07. The van der Waals surface area contributed by atoms with Gasteiger partial charge in [-0.1, -0.05) is 27.7 Å². The molecule has 0 spiro atoms. The Bertz CT molecular complexity index is 2230. The maximum atomic E-state index is 13.7. The first-order valence-electron chi connectivity index (χ1n) is 20.1. The maximum Gasteiger partial charge on any atom is 0.407 e. The van der Waals surface area contributed by atoms with Crippen molar-refractivity contribution in [3.8, 4) is 34.0 Å². The highest BCUT2D eigenvalue weighted by molar-refractivity contribution is 5.89. The molecule has 4 N–H and O–H groups in total. The number of aromatic nitrogens is 4. The monoisotopic (exact) mass is 793 g/mol. The number of benzene rings is 2. The highest BCUT2D eigenvalue weighted by Gasteiger charge is 2.40. The molecule has 2 saturated heterocycles. The van der Waals surface area contributed by atoms with E-state index in [1.807, 2.05) is 68.1 Å². The number of imidazole rings is 2. The van der Waals surface area contributed by atoms with Gasteiger partial charge in [-0.15, -0.1) is 0 Å². The molecule has 2 aromatic heterocycles. The third-order valence-corrected chi connectivity index (χ3v) is 11.8. The Morgan fingerprint density at radius 2 is 1.29 bits per heavy atom.